The van der Waals surface area contributed by atoms with Gasteiger partial charge in [0, 0.05) is 6.54 Å². The van der Waals surface area contributed by atoms with E-state index in [9.17, 15) is 16.8 Å². The summed E-state index contributed by atoms with van der Waals surface area (Å²) in [6.07, 6.45) is 0. The molecule has 2 aromatic carbocycles. The van der Waals surface area contributed by atoms with Crippen LogP contribution in [0.15, 0.2) is 70.5 Å². The Morgan fingerprint density at radius 3 is 1.71 bits per heavy atom. The molecule has 0 atom stereocenters. The van der Waals surface area contributed by atoms with Crippen LogP contribution in [0, 0.1) is 0 Å². The zero-order valence-electron chi connectivity index (χ0n) is 11.1. The van der Waals surface area contributed by atoms with Crippen LogP contribution in [0.25, 0.3) is 0 Å². The van der Waals surface area contributed by atoms with Crippen molar-refractivity contribution in [1.29, 1.82) is 0 Å². The molecular weight excluding hydrogens is 310 g/mol. The third-order valence-electron chi connectivity index (χ3n) is 2.82. The molecule has 7 heteroatoms. The predicted molar refractivity (Wildman–Crippen MR) is 80.1 cm³/mol. The third-order valence-corrected chi connectivity index (χ3v) is 6.03. The van der Waals surface area contributed by atoms with Crippen molar-refractivity contribution >= 4 is 19.9 Å². The Kier molecular flexibility index (Phi) is 4.76. The van der Waals surface area contributed by atoms with Crippen LogP contribution < -0.4 is 4.72 Å². The molecule has 2 rings (SSSR count). The second-order valence-electron chi connectivity index (χ2n) is 4.34. The summed E-state index contributed by atoms with van der Waals surface area (Å²) in [6.45, 7) is -0.172. The smallest absolute Gasteiger partial charge is 0.224 e. The monoisotopic (exact) mass is 325 g/mol. The van der Waals surface area contributed by atoms with Gasteiger partial charge in [0.05, 0.1) is 15.5 Å². The molecule has 0 fully saturated rings. The van der Waals surface area contributed by atoms with Gasteiger partial charge in [-0.15, -0.1) is 0 Å². The Hall–Kier alpha value is -1.70. The highest BCUT2D eigenvalue weighted by Crippen LogP contribution is 2.10. The highest BCUT2D eigenvalue weighted by atomic mass is 32.2. The fourth-order valence-electron chi connectivity index (χ4n) is 1.74. The summed E-state index contributed by atoms with van der Waals surface area (Å²) in [4.78, 5) is 0.297. The van der Waals surface area contributed by atoms with Gasteiger partial charge in [-0.05, 0) is 24.3 Å². The molecule has 0 aliphatic rings. The van der Waals surface area contributed by atoms with E-state index in [-0.39, 0.29) is 22.1 Å². The van der Waals surface area contributed by atoms with E-state index in [1.807, 2.05) is 0 Å². The summed E-state index contributed by atoms with van der Waals surface area (Å²) in [6, 6.07) is 15.8. The van der Waals surface area contributed by atoms with Crippen molar-refractivity contribution in [3.8, 4) is 0 Å². The lowest BCUT2D eigenvalue weighted by Crippen LogP contribution is -2.29. The quantitative estimate of drug-likeness (QED) is 0.871. The second-order valence-corrected chi connectivity index (χ2v) is 8.22. The molecular formula is C14H15NO4S2. The van der Waals surface area contributed by atoms with Gasteiger partial charge in [0.2, 0.25) is 10.0 Å². The summed E-state index contributed by atoms with van der Waals surface area (Å²) >= 11 is 0. The fraction of sp³-hybridized carbons (Fsp3) is 0.143. The van der Waals surface area contributed by atoms with Gasteiger partial charge in [-0.2, -0.15) is 0 Å². The Morgan fingerprint density at radius 1 is 0.714 bits per heavy atom. The van der Waals surface area contributed by atoms with Crippen LogP contribution in [0.1, 0.15) is 0 Å². The van der Waals surface area contributed by atoms with E-state index in [4.69, 9.17) is 0 Å². The average molecular weight is 325 g/mol. The number of hydrogen-bond donors (Lipinski definition) is 1. The molecule has 0 saturated heterocycles. The van der Waals surface area contributed by atoms with Gasteiger partial charge in [-0.25, -0.2) is 21.6 Å². The Balaban J connectivity index is 2.02. The van der Waals surface area contributed by atoms with Gasteiger partial charge in [0.25, 0.3) is 0 Å². The summed E-state index contributed by atoms with van der Waals surface area (Å²) in [5.74, 6) is -0.289. The number of nitrogens with one attached hydrogen (secondary N) is 1. The number of benzene rings is 2. The van der Waals surface area contributed by atoms with E-state index in [0.29, 0.717) is 0 Å². The molecule has 21 heavy (non-hydrogen) atoms. The topological polar surface area (TPSA) is 80.3 Å². The minimum Gasteiger partial charge on any atom is -0.224 e. The van der Waals surface area contributed by atoms with Crippen LogP contribution in [0.5, 0.6) is 0 Å². The van der Waals surface area contributed by atoms with Gasteiger partial charge in [0.15, 0.2) is 9.84 Å². The van der Waals surface area contributed by atoms with Gasteiger partial charge >= 0.3 is 0 Å². The summed E-state index contributed by atoms with van der Waals surface area (Å²) in [7, 11) is -7.17. The van der Waals surface area contributed by atoms with E-state index in [2.05, 4.69) is 4.72 Å². The molecule has 0 aliphatic heterocycles. The van der Waals surface area contributed by atoms with Crippen molar-refractivity contribution in [3.63, 3.8) is 0 Å². The molecule has 0 radical (unpaired) electrons. The van der Waals surface area contributed by atoms with E-state index < -0.39 is 19.9 Å². The minimum atomic E-state index is -3.68. The van der Waals surface area contributed by atoms with E-state index >= 15 is 0 Å². The molecule has 0 unspecified atom stereocenters. The van der Waals surface area contributed by atoms with Crippen LogP contribution >= 0.6 is 0 Å². The van der Waals surface area contributed by atoms with E-state index in [1.165, 1.54) is 24.3 Å². The highest BCUT2D eigenvalue weighted by Gasteiger charge is 2.17. The van der Waals surface area contributed by atoms with Crippen molar-refractivity contribution in [2.45, 2.75) is 9.79 Å². The summed E-state index contributed by atoms with van der Waals surface area (Å²) < 4.78 is 50.2. The molecule has 0 bridgehead atoms. The zero-order valence-corrected chi connectivity index (χ0v) is 12.8. The molecule has 0 saturated carbocycles. The lowest BCUT2D eigenvalue weighted by atomic mass is 10.4. The maximum absolute atomic E-state index is 12.0. The molecule has 0 spiro atoms. The first kappa shape index (κ1) is 15.7. The summed E-state index contributed by atoms with van der Waals surface area (Å²) in [5, 5.41) is 0. The Labute approximate surface area is 124 Å². The van der Waals surface area contributed by atoms with Gasteiger partial charge in [0.1, 0.15) is 0 Å². The van der Waals surface area contributed by atoms with Crippen molar-refractivity contribution in [3.05, 3.63) is 60.7 Å². The molecule has 0 aliphatic carbocycles. The van der Waals surface area contributed by atoms with Gasteiger partial charge in [-0.1, -0.05) is 36.4 Å². The van der Waals surface area contributed by atoms with Crippen molar-refractivity contribution in [2.24, 2.45) is 0 Å². The molecule has 0 amide bonds. The lowest BCUT2D eigenvalue weighted by Gasteiger charge is -2.07. The van der Waals surface area contributed by atoms with Crippen molar-refractivity contribution < 1.29 is 16.8 Å². The second kappa shape index (κ2) is 6.38. The first-order valence-corrected chi connectivity index (χ1v) is 9.38. The highest BCUT2D eigenvalue weighted by molar-refractivity contribution is 7.91. The van der Waals surface area contributed by atoms with Crippen molar-refractivity contribution in [2.75, 3.05) is 12.3 Å². The largest absolute Gasteiger partial charge is 0.240 e. The van der Waals surface area contributed by atoms with Crippen LogP contribution in [0.3, 0.4) is 0 Å². The first-order valence-electron chi connectivity index (χ1n) is 6.24. The van der Waals surface area contributed by atoms with E-state index in [0.717, 1.165) is 0 Å². The number of sulfone groups is 1. The minimum absolute atomic E-state index is 0.113. The number of sulfonamides is 1. The molecule has 112 valence electrons. The van der Waals surface area contributed by atoms with Crippen LogP contribution in [-0.4, -0.2) is 29.1 Å². The molecule has 0 aromatic heterocycles. The van der Waals surface area contributed by atoms with Crippen LogP contribution in [-0.2, 0) is 19.9 Å². The maximum Gasteiger partial charge on any atom is 0.240 e. The van der Waals surface area contributed by atoms with Crippen LogP contribution in [0.4, 0.5) is 0 Å². The number of hydrogen-bond acceptors (Lipinski definition) is 4. The van der Waals surface area contributed by atoms with Gasteiger partial charge in [-0.3, -0.25) is 0 Å². The fourth-order valence-corrected chi connectivity index (χ4v) is 4.10. The third kappa shape index (κ3) is 4.13. The van der Waals surface area contributed by atoms with E-state index in [1.54, 1.807) is 36.4 Å². The standard InChI is InChI=1S/C14H15NO4S2/c16-20(17,13-7-3-1-4-8-13)12-11-15-21(18,19)14-9-5-2-6-10-14/h1-10,15H,11-12H2. The molecule has 2 aromatic rings. The number of rotatable bonds is 6. The van der Waals surface area contributed by atoms with Gasteiger partial charge < -0.3 is 0 Å². The zero-order chi connectivity index (χ0) is 15.3. The molecule has 5 nitrogen and oxygen atoms in total. The SMILES string of the molecule is O=S(=O)(CCNS(=O)(=O)c1ccccc1)c1ccccc1. The van der Waals surface area contributed by atoms with Crippen molar-refractivity contribution in [1.82, 2.24) is 4.72 Å². The van der Waals surface area contributed by atoms with Crippen LogP contribution in [0.2, 0.25) is 0 Å². The lowest BCUT2D eigenvalue weighted by molar-refractivity contribution is 0.581. The predicted octanol–water partition coefficient (Wildman–Crippen LogP) is 1.44. The summed E-state index contributed by atoms with van der Waals surface area (Å²) in [5.41, 5.74) is 0. The average Bonchev–Trinajstić information content (AvgIpc) is 2.49. The maximum atomic E-state index is 12.0. The first-order chi connectivity index (χ1) is 9.92. The normalized spacial score (nSPS) is 12.2. The Bertz CT molecular complexity index is 716. The Morgan fingerprint density at radius 2 is 1.19 bits per heavy atom. The molecule has 1 N–H and O–H groups in total. The molecule has 0 heterocycles.